The SMILES string of the molecule is COc1ccc(NC(=O)N2CCN(c3ccc(NC(=O)CN(Cc4ccccc4)C(=O)c4ccc(F)cc4)cc3)CC2)cc1. The Hall–Kier alpha value is -5.38. The highest BCUT2D eigenvalue weighted by Crippen LogP contribution is 2.21. The number of methoxy groups -OCH3 is 1. The Bertz CT molecular complexity index is 1560. The molecule has 1 fully saturated rings. The molecule has 2 N–H and O–H groups in total. The molecule has 0 aliphatic carbocycles. The van der Waals surface area contributed by atoms with Crippen LogP contribution in [-0.2, 0) is 11.3 Å². The first-order chi connectivity index (χ1) is 21.4. The van der Waals surface area contributed by atoms with E-state index in [-0.39, 0.29) is 30.9 Å². The molecule has 9 nitrogen and oxygen atoms in total. The maximum atomic E-state index is 13.4. The van der Waals surface area contributed by atoms with Gasteiger partial charge in [0.25, 0.3) is 5.91 Å². The third kappa shape index (κ3) is 7.91. The number of halogens is 1. The first-order valence-electron chi connectivity index (χ1n) is 14.3. The van der Waals surface area contributed by atoms with Gasteiger partial charge in [-0.15, -0.1) is 0 Å². The zero-order valence-electron chi connectivity index (χ0n) is 24.4. The number of urea groups is 1. The lowest BCUT2D eigenvalue weighted by molar-refractivity contribution is -0.117. The second-order valence-corrected chi connectivity index (χ2v) is 10.4. The van der Waals surface area contributed by atoms with Crippen LogP contribution in [0.25, 0.3) is 0 Å². The number of amides is 4. The number of carbonyl (C=O) groups is 3. The van der Waals surface area contributed by atoms with Gasteiger partial charge < -0.3 is 30.1 Å². The Balaban J connectivity index is 1.14. The highest BCUT2D eigenvalue weighted by atomic mass is 19.1. The monoisotopic (exact) mass is 595 g/mol. The number of ether oxygens (including phenoxy) is 1. The van der Waals surface area contributed by atoms with Crippen molar-refractivity contribution in [2.24, 2.45) is 0 Å². The van der Waals surface area contributed by atoms with E-state index < -0.39 is 5.82 Å². The van der Waals surface area contributed by atoms with Gasteiger partial charge in [0.05, 0.1) is 7.11 Å². The molecule has 0 aromatic heterocycles. The summed E-state index contributed by atoms with van der Waals surface area (Å²) in [4.78, 5) is 44.4. The summed E-state index contributed by atoms with van der Waals surface area (Å²) < 4.78 is 18.6. The summed E-state index contributed by atoms with van der Waals surface area (Å²) in [7, 11) is 1.60. The van der Waals surface area contributed by atoms with Gasteiger partial charge in [-0.2, -0.15) is 0 Å². The van der Waals surface area contributed by atoms with Crippen LogP contribution < -0.4 is 20.3 Å². The first kappa shape index (κ1) is 30.1. The highest BCUT2D eigenvalue weighted by molar-refractivity contribution is 5.99. The fraction of sp³-hybridized carbons (Fsp3) is 0.206. The topological polar surface area (TPSA) is 94.2 Å². The van der Waals surface area contributed by atoms with Gasteiger partial charge in [0.1, 0.15) is 18.1 Å². The second kappa shape index (κ2) is 14.2. The van der Waals surface area contributed by atoms with Crippen molar-refractivity contribution in [1.29, 1.82) is 0 Å². The van der Waals surface area contributed by atoms with Gasteiger partial charge in [-0.1, -0.05) is 30.3 Å². The Morgan fingerprint density at radius 3 is 2.02 bits per heavy atom. The van der Waals surface area contributed by atoms with E-state index in [0.29, 0.717) is 43.1 Å². The van der Waals surface area contributed by atoms with E-state index in [1.807, 2.05) is 54.6 Å². The smallest absolute Gasteiger partial charge is 0.321 e. The molecule has 0 bridgehead atoms. The van der Waals surface area contributed by atoms with Crippen LogP contribution in [-0.4, -0.2) is 67.5 Å². The molecule has 1 aliphatic heterocycles. The summed E-state index contributed by atoms with van der Waals surface area (Å²) in [5, 5.41) is 5.80. The molecule has 0 unspecified atom stereocenters. The van der Waals surface area contributed by atoms with Crippen LogP contribution in [0.5, 0.6) is 5.75 Å². The molecular weight excluding hydrogens is 561 g/mol. The lowest BCUT2D eigenvalue weighted by Gasteiger charge is -2.36. The molecule has 44 heavy (non-hydrogen) atoms. The van der Waals surface area contributed by atoms with Gasteiger partial charge in [0.2, 0.25) is 5.91 Å². The van der Waals surface area contributed by atoms with E-state index in [1.54, 1.807) is 36.3 Å². The second-order valence-electron chi connectivity index (χ2n) is 10.4. The van der Waals surface area contributed by atoms with E-state index in [2.05, 4.69) is 15.5 Å². The van der Waals surface area contributed by atoms with Gasteiger partial charge in [0.15, 0.2) is 0 Å². The van der Waals surface area contributed by atoms with Crippen molar-refractivity contribution >= 4 is 34.9 Å². The van der Waals surface area contributed by atoms with Crippen LogP contribution >= 0.6 is 0 Å². The van der Waals surface area contributed by atoms with Gasteiger partial charge in [0, 0.05) is 55.3 Å². The lowest BCUT2D eigenvalue weighted by atomic mass is 10.1. The van der Waals surface area contributed by atoms with Crippen LogP contribution in [0.4, 0.5) is 26.2 Å². The number of piperazine rings is 1. The standard InChI is InChI=1S/C34H34FN5O4/c1-44-31-17-13-29(14-18-31)37-34(43)39-21-19-38(20-22-39)30-15-11-28(12-16-30)36-32(41)24-40(23-25-5-3-2-4-6-25)33(42)26-7-9-27(35)10-8-26/h2-18H,19-24H2,1H3,(H,36,41)(H,37,43). The lowest BCUT2D eigenvalue weighted by Crippen LogP contribution is -2.50. The van der Waals surface area contributed by atoms with E-state index >= 15 is 0 Å². The minimum absolute atomic E-state index is 0.146. The Morgan fingerprint density at radius 2 is 1.39 bits per heavy atom. The Kier molecular flexibility index (Phi) is 9.71. The number of nitrogens with zero attached hydrogens (tertiary/aromatic N) is 3. The zero-order valence-corrected chi connectivity index (χ0v) is 24.4. The molecule has 0 saturated carbocycles. The maximum absolute atomic E-state index is 13.4. The number of benzene rings is 4. The molecule has 0 atom stereocenters. The molecule has 4 aromatic carbocycles. The van der Waals surface area contributed by atoms with Gasteiger partial charge in [-0.3, -0.25) is 9.59 Å². The Labute approximate surface area is 255 Å². The molecular formula is C34H34FN5O4. The average molecular weight is 596 g/mol. The third-order valence-corrected chi connectivity index (χ3v) is 7.35. The quantitative estimate of drug-likeness (QED) is 0.268. The van der Waals surface area contributed by atoms with E-state index in [4.69, 9.17) is 4.74 Å². The van der Waals surface area contributed by atoms with E-state index in [1.165, 1.54) is 29.2 Å². The molecule has 10 heteroatoms. The van der Waals surface area contributed by atoms with Crippen molar-refractivity contribution in [2.45, 2.75) is 6.54 Å². The van der Waals surface area contributed by atoms with Crippen molar-refractivity contribution in [3.8, 4) is 5.75 Å². The van der Waals surface area contributed by atoms with Crippen molar-refractivity contribution in [3.05, 3.63) is 120 Å². The van der Waals surface area contributed by atoms with Crippen LogP contribution in [0.2, 0.25) is 0 Å². The largest absolute Gasteiger partial charge is 0.497 e. The van der Waals surface area contributed by atoms with Gasteiger partial charge >= 0.3 is 6.03 Å². The normalized spacial score (nSPS) is 12.8. The van der Waals surface area contributed by atoms with Crippen molar-refractivity contribution in [2.75, 3.05) is 55.4 Å². The fourth-order valence-corrected chi connectivity index (χ4v) is 4.95. The zero-order chi connectivity index (χ0) is 30.9. The van der Waals surface area contributed by atoms with Crippen molar-refractivity contribution in [3.63, 3.8) is 0 Å². The van der Waals surface area contributed by atoms with Gasteiger partial charge in [-0.25, -0.2) is 9.18 Å². The molecule has 1 heterocycles. The maximum Gasteiger partial charge on any atom is 0.321 e. The summed E-state index contributed by atoms with van der Waals surface area (Å²) in [6.07, 6.45) is 0. The fourth-order valence-electron chi connectivity index (χ4n) is 4.95. The van der Waals surface area contributed by atoms with Crippen LogP contribution in [0, 0.1) is 5.82 Å². The summed E-state index contributed by atoms with van der Waals surface area (Å²) >= 11 is 0. The van der Waals surface area contributed by atoms with E-state index in [9.17, 15) is 18.8 Å². The predicted molar refractivity (Wildman–Crippen MR) is 168 cm³/mol. The molecule has 4 aromatic rings. The van der Waals surface area contributed by atoms with Crippen molar-refractivity contribution < 1.29 is 23.5 Å². The summed E-state index contributed by atoms with van der Waals surface area (Å²) in [6, 6.07) is 29.2. The van der Waals surface area contributed by atoms with Gasteiger partial charge in [-0.05, 0) is 78.4 Å². The first-order valence-corrected chi connectivity index (χ1v) is 14.3. The molecule has 1 saturated heterocycles. The molecule has 0 spiro atoms. The van der Waals surface area contributed by atoms with Crippen molar-refractivity contribution in [1.82, 2.24) is 9.80 Å². The molecule has 0 radical (unpaired) electrons. The van der Waals surface area contributed by atoms with Crippen LogP contribution in [0.1, 0.15) is 15.9 Å². The molecule has 5 rings (SSSR count). The highest BCUT2D eigenvalue weighted by Gasteiger charge is 2.22. The van der Waals surface area contributed by atoms with Crippen LogP contribution in [0.3, 0.4) is 0 Å². The van der Waals surface area contributed by atoms with E-state index in [0.717, 1.165) is 17.0 Å². The minimum Gasteiger partial charge on any atom is -0.497 e. The summed E-state index contributed by atoms with van der Waals surface area (Å²) in [5.41, 5.74) is 3.47. The molecule has 226 valence electrons. The molecule has 1 aliphatic rings. The Morgan fingerprint density at radius 1 is 0.773 bits per heavy atom. The minimum atomic E-state index is -0.436. The number of anilines is 3. The number of hydrogen-bond acceptors (Lipinski definition) is 5. The van der Waals surface area contributed by atoms with Crippen LogP contribution in [0.15, 0.2) is 103 Å². The number of hydrogen-bond donors (Lipinski definition) is 2. The number of nitrogens with one attached hydrogen (secondary N) is 2. The number of rotatable bonds is 9. The predicted octanol–water partition coefficient (Wildman–Crippen LogP) is 5.47. The number of carbonyl (C=O) groups excluding carboxylic acids is 3. The summed E-state index contributed by atoms with van der Waals surface area (Å²) in [6.45, 7) is 2.53. The third-order valence-electron chi connectivity index (χ3n) is 7.35. The summed E-state index contributed by atoms with van der Waals surface area (Å²) in [5.74, 6) is -0.421. The average Bonchev–Trinajstić information content (AvgIpc) is 3.06. The molecule has 4 amide bonds.